The lowest BCUT2D eigenvalue weighted by molar-refractivity contribution is -0.140. The van der Waals surface area contributed by atoms with Crippen LogP contribution in [0.1, 0.15) is 6.42 Å². The van der Waals surface area contributed by atoms with Crippen molar-refractivity contribution in [2.45, 2.75) is 6.42 Å². The number of ether oxygens (including phenoxy) is 1. The summed E-state index contributed by atoms with van der Waals surface area (Å²) >= 11 is 0. The average Bonchev–Trinajstić information content (AvgIpc) is 2.42. The lowest BCUT2D eigenvalue weighted by atomic mass is 10.4. The van der Waals surface area contributed by atoms with Crippen LogP contribution in [-0.4, -0.2) is 43.2 Å². The molecule has 1 N–H and O–H groups in total. The lowest BCUT2D eigenvalue weighted by Gasteiger charge is -2.17. The first-order valence-electron chi connectivity index (χ1n) is 5.62. The number of anilines is 2. The van der Waals surface area contributed by atoms with Gasteiger partial charge in [0.15, 0.2) is 0 Å². The maximum absolute atomic E-state index is 11.1. The summed E-state index contributed by atoms with van der Waals surface area (Å²) in [5.41, 5.74) is 0. The molecule has 0 aliphatic heterocycles. The van der Waals surface area contributed by atoms with Gasteiger partial charge in [0.2, 0.25) is 0 Å². The van der Waals surface area contributed by atoms with Crippen molar-refractivity contribution >= 4 is 17.6 Å². The molecule has 0 aliphatic carbocycles. The number of hydrogen-bond acceptors (Lipinski definition) is 6. The zero-order valence-electron chi connectivity index (χ0n) is 10.7. The van der Waals surface area contributed by atoms with Gasteiger partial charge in [0, 0.05) is 26.2 Å². The zero-order chi connectivity index (χ0) is 13.4. The molecule has 1 aromatic heterocycles. The van der Waals surface area contributed by atoms with Crippen LogP contribution in [0.4, 0.5) is 11.6 Å². The molecule has 6 heteroatoms. The van der Waals surface area contributed by atoms with Gasteiger partial charge in [0.1, 0.15) is 18.0 Å². The van der Waals surface area contributed by atoms with Gasteiger partial charge in [-0.2, -0.15) is 0 Å². The molecule has 0 saturated carbocycles. The van der Waals surface area contributed by atoms with Gasteiger partial charge < -0.3 is 15.0 Å². The van der Waals surface area contributed by atoms with Crippen LogP contribution in [0.3, 0.4) is 0 Å². The first kappa shape index (κ1) is 14.0. The fourth-order valence-corrected chi connectivity index (χ4v) is 1.30. The van der Waals surface area contributed by atoms with Gasteiger partial charge in [-0.1, -0.05) is 6.08 Å². The van der Waals surface area contributed by atoms with Crippen LogP contribution < -0.4 is 10.2 Å². The quantitative estimate of drug-likeness (QED) is 0.577. The van der Waals surface area contributed by atoms with E-state index in [1.54, 1.807) is 6.08 Å². The number of nitrogens with one attached hydrogen (secondary N) is 1. The molecule has 0 spiro atoms. The highest BCUT2D eigenvalue weighted by Crippen LogP contribution is 2.12. The molecular weight excluding hydrogens is 232 g/mol. The Hall–Kier alpha value is -2.11. The second-order valence-electron chi connectivity index (χ2n) is 3.68. The minimum Gasteiger partial charge on any atom is -0.469 e. The third-order valence-electron chi connectivity index (χ3n) is 2.35. The molecule has 1 rings (SSSR count). The summed E-state index contributed by atoms with van der Waals surface area (Å²) in [6.07, 6.45) is 3.56. The van der Waals surface area contributed by atoms with Gasteiger partial charge in [-0.05, 0) is 0 Å². The fourth-order valence-electron chi connectivity index (χ4n) is 1.30. The van der Waals surface area contributed by atoms with E-state index in [1.165, 1.54) is 13.4 Å². The standard InChI is InChI=1S/C12H18N4O2/c1-4-6-13-10-8-11(15-9-14-10)16(2)7-5-12(17)18-3/h4,8-9H,1,5-7H2,2-3H3,(H,13,14,15). The van der Waals surface area contributed by atoms with Crippen molar-refractivity contribution < 1.29 is 9.53 Å². The molecule has 0 aliphatic rings. The van der Waals surface area contributed by atoms with E-state index in [9.17, 15) is 4.79 Å². The summed E-state index contributed by atoms with van der Waals surface area (Å²) < 4.78 is 4.59. The van der Waals surface area contributed by atoms with E-state index < -0.39 is 0 Å². The van der Waals surface area contributed by atoms with Crippen molar-refractivity contribution in [2.24, 2.45) is 0 Å². The number of rotatable bonds is 7. The van der Waals surface area contributed by atoms with Crippen molar-refractivity contribution in [1.82, 2.24) is 9.97 Å². The van der Waals surface area contributed by atoms with Gasteiger partial charge in [0.05, 0.1) is 13.5 Å². The number of carbonyl (C=O) groups excluding carboxylic acids is 1. The largest absolute Gasteiger partial charge is 0.469 e. The smallest absolute Gasteiger partial charge is 0.307 e. The number of carbonyl (C=O) groups is 1. The number of methoxy groups -OCH3 is 1. The van der Waals surface area contributed by atoms with E-state index in [0.717, 1.165) is 11.6 Å². The van der Waals surface area contributed by atoms with Crippen LogP contribution in [0.5, 0.6) is 0 Å². The van der Waals surface area contributed by atoms with Crippen molar-refractivity contribution in [2.75, 3.05) is 37.5 Å². The van der Waals surface area contributed by atoms with Crippen LogP contribution in [-0.2, 0) is 9.53 Å². The van der Waals surface area contributed by atoms with Crippen LogP contribution in [0.25, 0.3) is 0 Å². The monoisotopic (exact) mass is 250 g/mol. The fraction of sp³-hybridized carbons (Fsp3) is 0.417. The molecular formula is C12H18N4O2. The first-order valence-corrected chi connectivity index (χ1v) is 5.62. The predicted octanol–water partition coefficient (Wildman–Crippen LogP) is 1.07. The highest BCUT2D eigenvalue weighted by Gasteiger charge is 2.07. The number of hydrogen-bond donors (Lipinski definition) is 1. The molecule has 1 heterocycles. The maximum atomic E-state index is 11.1. The first-order chi connectivity index (χ1) is 8.67. The molecule has 1 aromatic rings. The van der Waals surface area contributed by atoms with Gasteiger partial charge in [0.25, 0.3) is 0 Å². The molecule has 18 heavy (non-hydrogen) atoms. The minimum atomic E-state index is -0.235. The summed E-state index contributed by atoms with van der Waals surface area (Å²) in [6, 6.07) is 1.82. The van der Waals surface area contributed by atoms with Crippen LogP contribution in [0.2, 0.25) is 0 Å². The normalized spacial score (nSPS) is 9.67. The third-order valence-corrected chi connectivity index (χ3v) is 2.35. The van der Waals surface area contributed by atoms with Crippen molar-refractivity contribution in [3.63, 3.8) is 0 Å². The Kier molecular flexibility index (Phi) is 5.63. The summed E-state index contributed by atoms with van der Waals surface area (Å²) in [5.74, 6) is 1.24. The highest BCUT2D eigenvalue weighted by atomic mass is 16.5. The minimum absolute atomic E-state index is 0.235. The Morgan fingerprint density at radius 2 is 2.39 bits per heavy atom. The second kappa shape index (κ2) is 7.26. The summed E-state index contributed by atoms with van der Waals surface area (Å²) in [6.45, 7) is 4.81. The van der Waals surface area contributed by atoms with Gasteiger partial charge in [-0.25, -0.2) is 9.97 Å². The van der Waals surface area contributed by atoms with E-state index in [-0.39, 0.29) is 5.97 Å². The zero-order valence-corrected chi connectivity index (χ0v) is 10.7. The number of esters is 1. The Bertz CT molecular complexity index is 409. The topological polar surface area (TPSA) is 67.4 Å². The summed E-state index contributed by atoms with van der Waals surface area (Å²) in [7, 11) is 3.24. The summed E-state index contributed by atoms with van der Waals surface area (Å²) in [4.78, 5) is 21.2. The molecule has 98 valence electrons. The molecule has 6 nitrogen and oxygen atoms in total. The van der Waals surface area contributed by atoms with Gasteiger partial charge in [-0.3, -0.25) is 4.79 Å². The molecule has 0 atom stereocenters. The van der Waals surface area contributed by atoms with Crippen molar-refractivity contribution in [1.29, 1.82) is 0 Å². The predicted molar refractivity (Wildman–Crippen MR) is 70.6 cm³/mol. The molecule has 0 amide bonds. The Morgan fingerprint density at radius 3 is 3.06 bits per heavy atom. The van der Waals surface area contributed by atoms with E-state index in [4.69, 9.17) is 0 Å². The van der Waals surface area contributed by atoms with Crippen LogP contribution in [0.15, 0.2) is 25.0 Å². The van der Waals surface area contributed by atoms with Crippen LogP contribution in [0, 0.1) is 0 Å². The lowest BCUT2D eigenvalue weighted by Crippen LogP contribution is -2.22. The Labute approximate surface area is 107 Å². The van der Waals surface area contributed by atoms with E-state index in [2.05, 4.69) is 26.6 Å². The highest BCUT2D eigenvalue weighted by molar-refractivity contribution is 5.69. The van der Waals surface area contributed by atoms with Crippen molar-refractivity contribution in [3.05, 3.63) is 25.0 Å². The Morgan fingerprint density at radius 1 is 1.61 bits per heavy atom. The van der Waals surface area contributed by atoms with Crippen LogP contribution >= 0.6 is 0 Å². The van der Waals surface area contributed by atoms with E-state index >= 15 is 0 Å². The molecule has 0 bridgehead atoms. The second-order valence-corrected chi connectivity index (χ2v) is 3.68. The van der Waals surface area contributed by atoms with Gasteiger partial charge in [-0.15, -0.1) is 6.58 Å². The molecule has 0 unspecified atom stereocenters. The average molecular weight is 250 g/mol. The molecule has 0 radical (unpaired) electrons. The number of nitrogens with zero attached hydrogens (tertiary/aromatic N) is 3. The van der Waals surface area contributed by atoms with Crippen molar-refractivity contribution in [3.8, 4) is 0 Å². The maximum Gasteiger partial charge on any atom is 0.307 e. The molecule has 0 fully saturated rings. The van der Waals surface area contributed by atoms with Gasteiger partial charge >= 0.3 is 5.97 Å². The molecule has 0 saturated heterocycles. The number of aromatic nitrogens is 2. The van der Waals surface area contributed by atoms with E-state index in [1.807, 2.05) is 18.0 Å². The molecule has 0 aromatic carbocycles. The third kappa shape index (κ3) is 4.40. The SMILES string of the molecule is C=CCNc1cc(N(C)CCC(=O)OC)ncn1. The Balaban J connectivity index is 2.58. The summed E-state index contributed by atoms with van der Waals surface area (Å²) in [5, 5.41) is 3.08. The van der Waals surface area contributed by atoms with E-state index in [0.29, 0.717) is 19.5 Å².